The van der Waals surface area contributed by atoms with Gasteiger partial charge < -0.3 is 10.1 Å². The van der Waals surface area contributed by atoms with E-state index in [1.165, 1.54) is 11.3 Å². The Balaban J connectivity index is 1.51. The van der Waals surface area contributed by atoms with Crippen molar-refractivity contribution >= 4 is 0 Å². The molecule has 124 valence electrons. The Hall–Kier alpha value is -1.58. The van der Waals surface area contributed by atoms with E-state index in [9.17, 15) is 0 Å². The van der Waals surface area contributed by atoms with Gasteiger partial charge in [-0.2, -0.15) is 0 Å². The van der Waals surface area contributed by atoms with Crippen LogP contribution in [0, 0.1) is 5.92 Å². The van der Waals surface area contributed by atoms with Crippen molar-refractivity contribution in [2.24, 2.45) is 5.92 Å². The summed E-state index contributed by atoms with van der Waals surface area (Å²) in [6.45, 7) is 7.16. The summed E-state index contributed by atoms with van der Waals surface area (Å²) in [4.78, 5) is 2.52. The van der Waals surface area contributed by atoms with E-state index in [2.05, 4.69) is 65.7 Å². The third-order valence-electron chi connectivity index (χ3n) is 4.52. The number of hydrogen-bond donors (Lipinski definition) is 1. The molecule has 0 saturated carbocycles. The van der Waals surface area contributed by atoms with E-state index < -0.39 is 0 Å². The fourth-order valence-electron chi connectivity index (χ4n) is 3.30. The second-order valence-corrected chi connectivity index (χ2v) is 6.71. The number of nitrogens with one attached hydrogen (secondary N) is 1. The summed E-state index contributed by atoms with van der Waals surface area (Å²) in [6.07, 6.45) is 9.10. The Morgan fingerprint density at radius 2 is 2.13 bits per heavy atom. The number of rotatable bonds is 5. The quantitative estimate of drug-likeness (QED) is 0.902. The van der Waals surface area contributed by atoms with Crippen molar-refractivity contribution in [3.63, 3.8) is 0 Å². The van der Waals surface area contributed by atoms with Crippen LogP contribution in [0.3, 0.4) is 0 Å². The molecule has 1 fully saturated rings. The van der Waals surface area contributed by atoms with Gasteiger partial charge in [-0.15, -0.1) is 0 Å². The molecule has 1 N–H and O–H groups in total. The minimum atomic E-state index is 0.267. The molecule has 0 spiro atoms. The lowest BCUT2D eigenvalue weighted by molar-refractivity contribution is 0.0549. The zero-order chi connectivity index (χ0) is 15.9. The first-order valence-corrected chi connectivity index (χ1v) is 8.79. The Bertz CT molecular complexity index is 538. The van der Waals surface area contributed by atoms with E-state index in [4.69, 9.17) is 4.74 Å². The van der Waals surface area contributed by atoms with Crippen molar-refractivity contribution in [1.82, 2.24) is 10.2 Å². The first-order valence-electron chi connectivity index (χ1n) is 8.79. The van der Waals surface area contributed by atoms with Gasteiger partial charge in [0.15, 0.2) is 0 Å². The zero-order valence-electron chi connectivity index (χ0n) is 14.1. The van der Waals surface area contributed by atoms with Gasteiger partial charge in [-0.05, 0) is 30.4 Å². The number of nitrogens with zero attached hydrogens (tertiary/aromatic N) is 1. The van der Waals surface area contributed by atoms with E-state index in [0.717, 1.165) is 45.6 Å². The van der Waals surface area contributed by atoms with Crippen LogP contribution in [0.25, 0.3) is 0 Å². The standard InChI is InChI=1S/C20H28N2O/c1-17-7-5-10-19(13-17)21-14-20-16-22(11-6-12-23-20)15-18-8-3-2-4-9-18/h2-5,7-10,17,20-21H,6,11-16H2,1H3. The van der Waals surface area contributed by atoms with Crippen LogP contribution < -0.4 is 5.32 Å². The minimum Gasteiger partial charge on any atom is -0.386 e. The summed E-state index contributed by atoms with van der Waals surface area (Å²) in [7, 11) is 0. The summed E-state index contributed by atoms with van der Waals surface area (Å²) in [5.41, 5.74) is 2.72. The highest BCUT2D eigenvalue weighted by molar-refractivity contribution is 5.18. The van der Waals surface area contributed by atoms with E-state index in [1.54, 1.807) is 0 Å². The lowest BCUT2D eigenvalue weighted by atomic mass is 10.0. The molecule has 1 aromatic rings. The summed E-state index contributed by atoms with van der Waals surface area (Å²) in [5.74, 6) is 0.632. The number of hydrogen-bond acceptors (Lipinski definition) is 3. The van der Waals surface area contributed by atoms with Crippen molar-refractivity contribution in [1.29, 1.82) is 0 Å². The van der Waals surface area contributed by atoms with Crippen LogP contribution in [0.1, 0.15) is 25.3 Å². The molecular weight excluding hydrogens is 284 g/mol. The van der Waals surface area contributed by atoms with E-state index in [0.29, 0.717) is 5.92 Å². The molecule has 1 heterocycles. The lowest BCUT2D eigenvalue weighted by Crippen LogP contribution is -2.38. The van der Waals surface area contributed by atoms with Crippen molar-refractivity contribution in [2.75, 3.05) is 26.2 Å². The molecule has 3 nitrogen and oxygen atoms in total. The van der Waals surface area contributed by atoms with Crippen molar-refractivity contribution in [3.05, 3.63) is 59.8 Å². The summed E-state index contributed by atoms with van der Waals surface area (Å²) >= 11 is 0. The average molecular weight is 312 g/mol. The van der Waals surface area contributed by atoms with Gasteiger partial charge in [0, 0.05) is 38.5 Å². The van der Waals surface area contributed by atoms with Gasteiger partial charge in [-0.3, -0.25) is 4.90 Å². The molecule has 0 amide bonds. The normalized spacial score (nSPS) is 25.7. The van der Waals surface area contributed by atoms with E-state index >= 15 is 0 Å². The Labute approximate surface area is 140 Å². The van der Waals surface area contributed by atoms with Crippen LogP contribution in [-0.2, 0) is 11.3 Å². The molecule has 1 saturated heterocycles. The third kappa shape index (κ3) is 5.22. The number of allylic oxidation sites excluding steroid dienone is 4. The zero-order valence-corrected chi connectivity index (χ0v) is 14.1. The van der Waals surface area contributed by atoms with Crippen LogP contribution >= 0.6 is 0 Å². The topological polar surface area (TPSA) is 24.5 Å². The Morgan fingerprint density at radius 1 is 1.26 bits per heavy atom. The predicted molar refractivity (Wildman–Crippen MR) is 95.1 cm³/mol. The molecule has 1 aliphatic carbocycles. The fourth-order valence-corrected chi connectivity index (χ4v) is 3.30. The molecule has 23 heavy (non-hydrogen) atoms. The highest BCUT2D eigenvalue weighted by atomic mass is 16.5. The number of benzene rings is 1. The van der Waals surface area contributed by atoms with Gasteiger partial charge >= 0.3 is 0 Å². The molecule has 0 radical (unpaired) electrons. The molecule has 1 aliphatic heterocycles. The van der Waals surface area contributed by atoms with Crippen LogP contribution in [-0.4, -0.2) is 37.2 Å². The molecule has 3 rings (SSSR count). The van der Waals surface area contributed by atoms with E-state index in [1.807, 2.05) is 0 Å². The van der Waals surface area contributed by atoms with Gasteiger partial charge in [0.25, 0.3) is 0 Å². The van der Waals surface area contributed by atoms with Crippen molar-refractivity contribution in [2.45, 2.75) is 32.4 Å². The highest BCUT2D eigenvalue weighted by Gasteiger charge is 2.19. The highest BCUT2D eigenvalue weighted by Crippen LogP contribution is 2.16. The van der Waals surface area contributed by atoms with Gasteiger partial charge in [0.1, 0.15) is 0 Å². The van der Waals surface area contributed by atoms with E-state index in [-0.39, 0.29) is 6.10 Å². The van der Waals surface area contributed by atoms with Crippen LogP contribution in [0.5, 0.6) is 0 Å². The summed E-state index contributed by atoms with van der Waals surface area (Å²) in [6, 6.07) is 10.7. The van der Waals surface area contributed by atoms with Gasteiger partial charge in [-0.25, -0.2) is 0 Å². The first-order chi connectivity index (χ1) is 11.3. The molecule has 2 atom stereocenters. The lowest BCUT2D eigenvalue weighted by Gasteiger charge is -2.25. The third-order valence-corrected chi connectivity index (χ3v) is 4.52. The molecule has 0 aromatic heterocycles. The van der Waals surface area contributed by atoms with Crippen molar-refractivity contribution < 1.29 is 4.74 Å². The second kappa shape index (κ2) is 8.32. The SMILES string of the molecule is CC1C=CC=C(NCC2CN(Cc3ccccc3)CCCO2)C1. The maximum atomic E-state index is 6.04. The monoisotopic (exact) mass is 312 g/mol. The second-order valence-electron chi connectivity index (χ2n) is 6.71. The van der Waals surface area contributed by atoms with Crippen LogP contribution in [0.2, 0.25) is 0 Å². The Morgan fingerprint density at radius 3 is 2.96 bits per heavy atom. The molecule has 0 bridgehead atoms. The average Bonchev–Trinajstić information content (AvgIpc) is 2.79. The Kier molecular flexibility index (Phi) is 5.89. The largest absolute Gasteiger partial charge is 0.386 e. The molecule has 1 aromatic carbocycles. The smallest absolute Gasteiger partial charge is 0.0873 e. The van der Waals surface area contributed by atoms with Crippen molar-refractivity contribution in [3.8, 4) is 0 Å². The maximum Gasteiger partial charge on any atom is 0.0873 e. The molecular formula is C20H28N2O. The van der Waals surface area contributed by atoms with Gasteiger partial charge in [0.05, 0.1) is 6.10 Å². The molecule has 2 unspecified atom stereocenters. The van der Waals surface area contributed by atoms with Crippen LogP contribution in [0.4, 0.5) is 0 Å². The first kappa shape index (κ1) is 16.3. The summed E-state index contributed by atoms with van der Waals surface area (Å²) in [5, 5.41) is 3.59. The predicted octanol–water partition coefficient (Wildman–Crippen LogP) is 3.35. The number of ether oxygens (including phenoxy) is 1. The minimum absolute atomic E-state index is 0.267. The molecule has 3 heteroatoms. The van der Waals surface area contributed by atoms with Gasteiger partial charge in [-0.1, -0.05) is 49.4 Å². The van der Waals surface area contributed by atoms with Crippen LogP contribution in [0.15, 0.2) is 54.3 Å². The molecule has 2 aliphatic rings. The summed E-state index contributed by atoms with van der Waals surface area (Å²) < 4.78 is 6.04. The maximum absolute atomic E-state index is 6.04. The van der Waals surface area contributed by atoms with Gasteiger partial charge in [0.2, 0.25) is 0 Å². The fraction of sp³-hybridized carbons (Fsp3) is 0.500.